The minimum absolute atomic E-state index is 0.208. The summed E-state index contributed by atoms with van der Waals surface area (Å²) in [5, 5.41) is 3.03. The van der Waals surface area contributed by atoms with Gasteiger partial charge < -0.3 is 4.74 Å². The number of ketones is 1. The van der Waals surface area contributed by atoms with E-state index in [1.807, 2.05) is 0 Å². The summed E-state index contributed by atoms with van der Waals surface area (Å²) in [5.41, 5.74) is -0.208. The smallest absolute Gasteiger partial charge is 0.171 e. The van der Waals surface area contributed by atoms with E-state index in [4.69, 9.17) is 4.74 Å². The van der Waals surface area contributed by atoms with Gasteiger partial charge >= 0.3 is 0 Å². The average Bonchev–Trinajstić information content (AvgIpc) is 1.58. The Balaban J connectivity index is 2.14. The summed E-state index contributed by atoms with van der Waals surface area (Å²) in [6, 6.07) is 0. The summed E-state index contributed by atoms with van der Waals surface area (Å²) in [5.74, 6) is 0.309. The Morgan fingerprint density at radius 2 is 2.38 bits per heavy atom. The Labute approximate surface area is 47.0 Å². The van der Waals surface area contributed by atoms with Gasteiger partial charge in [0.1, 0.15) is 5.54 Å². The molecule has 2 heterocycles. The summed E-state index contributed by atoms with van der Waals surface area (Å²) >= 11 is 0. The molecule has 0 aromatic rings. The van der Waals surface area contributed by atoms with Crippen LogP contribution in [0.3, 0.4) is 0 Å². The summed E-state index contributed by atoms with van der Waals surface area (Å²) in [7, 11) is 0. The Morgan fingerprint density at radius 1 is 1.62 bits per heavy atom. The molecule has 0 bridgehead atoms. The Kier molecular flexibility index (Phi) is 0.623. The Hall–Kier alpha value is -0.410. The van der Waals surface area contributed by atoms with Crippen LogP contribution in [0.25, 0.3) is 0 Å². The molecule has 2 fully saturated rings. The van der Waals surface area contributed by atoms with Crippen molar-refractivity contribution in [2.75, 3.05) is 19.8 Å². The minimum atomic E-state index is -0.208. The van der Waals surface area contributed by atoms with Crippen molar-refractivity contribution in [3.05, 3.63) is 0 Å². The second-order valence-electron chi connectivity index (χ2n) is 2.35. The van der Waals surface area contributed by atoms with Gasteiger partial charge in [-0.1, -0.05) is 0 Å². The maximum Gasteiger partial charge on any atom is 0.171 e. The number of hydrogen-bond donors (Lipinski definition) is 1. The lowest BCUT2D eigenvalue weighted by atomic mass is 9.85. The van der Waals surface area contributed by atoms with Gasteiger partial charge in [0.2, 0.25) is 0 Å². The van der Waals surface area contributed by atoms with E-state index < -0.39 is 0 Å². The zero-order chi connectivity index (χ0) is 5.61. The normalized spacial score (nSPS) is 31.8. The van der Waals surface area contributed by atoms with E-state index in [1.54, 1.807) is 0 Å². The van der Waals surface area contributed by atoms with Gasteiger partial charge in [-0.3, -0.25) is 10.1 Å². The van der Waals surface area contributed by atoms with E-state index in [0.29, 0.717) is 25.5 Å². The monoisotopic (exact) mass is 113 g/mol. The van der Waals surface area contributed by atoms with E-state index in [1.165, 1.54) is 0 Å². The van der Waals surface area contributed by atoms with E-state index in [9.17, 15) is 4.79 Å². The fraction of sp³-hybridized carbons (Fsp3) is 0.800. The number of ether oxygens (including phenoxy) is 1. The molecule has 44 valence electrons. The third-order valence-corrected chi connectivity index (χ3v) is 1.82. The molecule has 0 atom stereocenters. The molecule has 0 aliphatic carbocycles. The van der Waals surface area contributed by atoms with Gasteiger partial charge in [-0.05, 0) is 0 Å². The predicted octanol–water partition coefficient (Wildman–Crippen LogP) is -1.07. The first-order valence-corrected chi connectivity index (χ1v) is 2.70. The lowest BCUT2D eigenvalue weighted by Gasteiger charge is -2.47. The first-order chi connectivity index (χ1) is 3.83. The topological polar surface area (TPSA) is 38.3 Å². The highest BCUT2D eigenvalue weighted by Crippen LogP contribution is 2.23. The molecule has 2 rings (SSSR count). The second kappa shape index (κ2) is 1.11. The van der Waals surface area contributed by atoms with Crippen molar-refractivity contribution in [2.45, 2.75) is 5.54 Å². The van der Waals surface area contributed by atoms with E-state index in [0.717, 1.165) is 0 Å². The van der Waals surface area contributed by atoms with Crippen molar-refractivity contribution in [3.63, 3.8) is 0 Å². The quantitative estimate of drug-likeness (QED) is 0.434. The molecule has 0 radical (unpaired) electrons. The van der Waals surface area contributed by atoms with E-state index in [-0.39, 0.29) is 5.54 Å². The minimum Gasteiger partial charge on any atom is -0.376 e. The SMILES string of the molecule is O=C1CNC12COC2. The molecule has 8 heavy (non-hydrogen) atoms. The molecule has 3 heteroatoms. The molecule has 2 saturated heterocycles. The van der Waals surface area contributed by atoms with Gasteiger partial charge in [-0.25, -0.2) is 0 Å². The van der Waals surface area contributed by atoms with Gasteiger partial charge in [0.15, 0.2) is 5.78 Å². The van der Waals surface area contributed by atoms with Gasteiger partial charge in [-0.2, -0.15) is 0 Å². The molecule has 0 aromatic heterocycles. The highest BCUT2D eigenvalue weighted by Gasteiger charge is 2.51. The zero-order valence-electron chi connectivity index (χ0n) is 4.44. The number of Topliss-reactive ketones (excluding diaryl/α,β-unsaturated/α-hetero) is 1. The van der Waals surface area contributed by atoms with Crippen LogP contribution in [0.1, 0.15) is 0 Å². The largest absolute Gasteiger partial charge is 0.376 e. The Morgan fingerprint density at radius 3 is 2.38 bits per heavy atom. The van der Waals surface area contributed by atoms with Crippen LogP contribution in [0, 0.1) is 0 Å². The third-order valence-electron chi connectivity index (χ3n) is 1.82. The van der Waals surface area contributed by atoms with E-state index >= 15 is 0 Å². The summed E-state index contributed by atoms with van der Waals surface area (Å²) in [6.07, 6.45) is 0. The molecule has 0 aromatic carbocycles. The highest BCUT2D eigenvalue weighted by molar-refractivity contribution is 5.96. The van der Waals surface area contributed by atoms with Crippen molar-refractivity contribution in [3.8, 4) is 0 Å². The maximum absolute atomic E-state index is 10.7. The van der Waals surface area contributed by atoms with Crippen LogP contribution in [-0.4, -0.2) is 31.1 Å². The average molecular weight is 113 g/mol. The van der Waals surface area contributed by atoms with Gasteiger partial charge in [0, 0.05) is 0 Å². The predicted molar refractivity (Wildman–Crippen MR) is 26.6 cm³/mol. The van der Waals surface area contributed by atoms with Gasteiger partial charge in [0.05, 0.1) is 19.8 Å². The number of carbonyl (C=O) groups excluding carboxylic acids is 1. The van der Waals surface area contributed by atoms with Crippen LogP contribution in [0.15, 0.2) is 0 Å². The van der Waals surface area contributed by atoms with Crippen molar-refractivity contribution in [1.29, 1.82) is 0 Å². The maximum atomic E-state index is 10.7. The molecular weight excluding hydrogens is 106 g/mol. The number of carbonyl (C=O) groups is 1. The van der Waals surface area contributed by atoms with Crippen LogP contribution in [0.5, 0.6) is 0 Å². The van der Waals surface area contributed by atoms with Crippen LogP contribution in [0.2, 0.25) is 0 Å². The molecule has 1 spiro atoms. The summed E-state index contributed by atoms with van der Waals surface area (Å²) < 4.78 is 4.87. The molecule has 2 aliphatic rings. The first-order valence-electron chi connectivity index (χ1n) is 2.70. The number of nitrogens with one attached hydrogen (secondary N) is 1. The van der Waals surface area contributed by atoms with Crippen LogP contribution < -0.4 is 5.32 Å². The van der Waals surface area contributed by atoms with Crippen LogP contribution in [0.4, 0.5) is 0 Å². The fourth-order valence-electron chi connectivity index (χ4n) is 0.980. The molecule has 0 unspecified atom stereocenters. The lowest BCUT2D eigenvalue weighted by Crippen LogP contribution is -2.76. The third kappa shape index (κ3) is 0.307. The van der Waals surface area contributed by atoms with Crippen molar-refractivity contribution < 1.29 is 9.53 Å². The second-order valence-corrected chi connectivity index (χ2v) is 2.35. The lowest BCUT2D eigenvalue weighted by molar-refractivity contribution is -0.158. The van der Waals surface area contributed by atoms with Gasteiger partial charge in [-0.15, -0.1) is 0 Å². The van der Waals surface area contributed by atoms with E-state index in [2.05, 4.69) is 5.32 Å². The molecule has 2 aliphatic heterocycles. The van der Waals surface area contributed by atoms with Gasteiger partial charge in [0.25, 0.3) is 0 Å². The van der Waals surface area contributed by atoms with Crippen molar-refractivity contribution >= 4 is 5.78 Å². The highest BCUT2D eigenvalue weighted by atomic mass is 16.5. The molecule has 0 saturated carbocycles. The van der Waals surface area contributed by atoms with Crippen LogP contribution >= 0.6 is 0 Å². The Bertz CT molecular complexity index is 134. The number of hydrogen-bond acceptors (Lipinski definition) is 3. The molecule has 3 nitrogen and oxygen atoms in total. The molecule has 0 amide bonds. The number of rotatable bonds is 0. The summed E-state index contributed by atoms with van der Waals surface area (Å²) in [4.78, 5) is 10.7. The first kappa shape index (κ1) is 4.47. The zero-order valence-corrected chi connectivity index (χ0v) is 4.44. The molecule has 1 N–H and O–H groups in total. The summed E-state index contributed by atoms with van der Waals surface area (Å²) in [6.45, 7) is 1.72. The standard InChI is InChI=1S/C5H7NO2/c7-4-1-6-5(4)2-8-3-5/h6H,1-3H2. The molecular formula is C5H7NO2. The van der Waals surface area contributed by atoms with Crippen molar-refractivity contribution in [1.82, 2.24) is 5.32 Å². The van der Waals surface area contributed by atoms with Crippen molar-refractivity contribution in [2.24, 2.45) is 0 Å². The fourth-order valence-corrected chi connectivity index (χ4v) is 0.980. The van der Waals surface area contributed by atoms with Crippen LogP contribution in [-0.2, 0) is 9.53 Å².